The SMILES string of the molecule is O=C(c1cnccn1)N1CCO[C@H](c2ccc(Cc3cccc(C(F)(F)F)c3)cn2)C1. The van der Waals surface area contributed by atoms with Crippen molar-refractivity contribution in [3.63, 3.8) is 0 Å². The summed E-state index contributed by atoms with van der Waals surface area (Å²) >= 11 is 0. The van der Waals surface area contributed by atoms with E-state index in [2.05, 4.69) is 15.0 Å². The Morgan fingerprint density at radius 3 is 2.68 bits per heavy atom. The van der Waals surface area contributed by atoms with Crippen LogP contribution in [-0.4, -0.2) is 45.5 Å². The molecule has 1 aromatic carbocycles. The number of carbonyl (C=O) groups excluding carboxylic acids is 1. The lowest BCUT2D eigenvalue weighted by molar-refractivity contribution is -0.137. The number of hydrogen-bond acceptors (Lipinski definition) is 5. The van der Waals surface area contributed by atoms with E-state index in [1.54, 1.807) is 23.2 Å². The van der Waals surface area contributed by atoms with E-state index in [9.17, 15) is 18.0 Å². The van der Waals surface area contributed by atoms with Gasteiger partial charge >= 0.3 is 6.18 Å². The fourth-order valence-electron chi connectivity index (χ4n) is 3.41. The van der Waals surface area contributed by atoms with Crippen LogP contribution in [0.2, 0.25) is 0 Å². The van der Waals surface area contributed by atoms with Gasteiger partial charge in [0.1, 0.15) is 11.8 Å². The Balaban J connectivity index is 1.43. The first-order valence-electron chi connectivity index (χ1n) is 9.68. The summed E-state index contributed by atoms with van der Waals surface area (Å²) < 4.78 is 44.5. The summed E-state index contributed by atoms with van der Waals surface area (Å²) in [6, 6.07) is 8.86. The molecule has 0 unspecified atom stereocenters. The Morgan fingerprint density at radius 1 is 1.10 bits per heavy atom. The minimum Gasteiger partial charge on any atom is -0.368 e. The van der Waals surface area contributed by atoms with Gasteiger partial charge in [0.25, 0.3) is 5.91 Å². The van der Waals surface area contributed by atoms with Crippen molar-refractivity contribution in [1.29, 1.82) is 0 Å². The molecule has 3 heterocycles. The summed E-state index contributed by atoms with van der Waals surface area (Å²) in [4.78, 5) is 26.6. The second kappa shape index (κ2) is 8.81. The lowest BCUT2D eigenvalue weighted by Gasteiger charge is -2.32. The largest absolute Gasteiger partial charge is 0.416 e. The summed E-state index contributed by atoms with van der Waals surface area (Å²) in [6.45, 7) is 1.14. The number of morpholine rings is 1. The topological polar surface area (TPSA) is 68.2 Å². The van der Waals surface area contributed by atoms with Crippen LogP contribution in [0.5, 0.6) is 0 Å². The minimum absolute atomic E-state index is 0.220. The molecule has 6 nitrogen and oxygen atoms in total. The smallest absolute Gasteiger partial charge is 0.368 e. The van der Waals surface area contributed by atoms with Gasteiger partial charge in [-0.05, 0) is 29.7 Å². The van der Waals surface area contributed by atoms with Crippen molar-refractivity contribution in [3.05, 3.63) is 89.3 Å². The first-order chi connectivity index (χ1) is 14.9. The zero-order chi connectivity index (χ0) is 21.8. The quantitative estimate of drug-likeness (QED) is 0.634. The highest BCUT2D eigenvalue weighted by Gasteiger charge is 2.30. The van der Waals surface area contributed by atoms with Gasteiger partial charge in [0.2, 0.25) is 0 Å². The molecule has 1 fully saturated rings. The molecule has 2 aromatic heterocycles. The molecule has 160 valence electrons. The molecule has 1 aliphatic heterocycles. The lowest BCUT2D eigenvalue weighted by atomic mass is 10.0. The second-order valence-electron chi connectivity index (χ2n) is 7.17. The maximum absolute atomic E-state index is 12.9. The number of amides is 1. The van der Waals surface area contributed by atoms with Gasteiger partial charge in [-0.25, -0.2) is 4.98 Å². The first-order valence-corrected chi connectivity index (χ1v) is 9.68. The summed E-state index contributed by atoms with van der Waals surface area (Å²) in [7, 11) is 0. The number of aromatic nitrogens is 3. The predicted molar refractivity (Wildman–Crippen MR) is 105 cm³/mol. The number of nitrogens with zero attached hydrogens (tertiary/aromatic N) is 4. The van der Waals surface area contributed by atoms with Crippen molar-refractivity contribution in [3.8, 4) is 0 Å². The van der Waals surface area contributed by atoms with Crippen molar-refractivity contribution in [1.82, 2.24) is 19.9 Å². The maximum atomic E-state index is 12.9. The van der Waals surface area contributed by atoms with E-state index < -0.39 is 17.8 Å². The second-order valence-corrected chi connectivity index (χ2v) is 7.17. The normalized spacial score (nSPS) is 16.9. The van der Waals surface area contributed by atoms with Crippen LogP contribution in [-0.2, 0) is 17.3 Å². The Labute approximate surface area is 176 Å². The van der Waals surface area contributed by atoms with Gasteiger partial charge < -0.3 is 9.64 Å². The van der Waals surface area contributed by atoms with Gasteiger partial charge in [-0.1, -0.05) is 24.3 Å². The molecule has 1 saturated heterocycles. The Hall–Kier alpha value is -3.33. The van der Waals surface area contributed by atoms with E-state index in [4.69, 9.17) is 4.74 Å². The van der Waals surface area contributed by atoms with Crippen molar-refractivity contribution in [2.75, 3.05) is 19.7 Å². The number of alkyl halides is 3. The molecule has 3 aromatic rings. The van der Waals surface area contributed by atoms with Crippen molar-refractivity contribution in [2.45, 2.75) is 18.7 Å². The van der Waals surface area contributed by atoms with E-state index in [1.165, 1.54) is 24.7 Å². The minimum atomic E-state index is -4.37. The third kappa shape index (κ3) is 5.05. The van der Waals surface area contributed by atoms with Crippen molar-refractivity contribution in [2.24, 2.45) is 0 Å². The number of rotatable bonds is 4. The zero-order valence-electron chi connectivity index (χ0n) is 16.4. The number of halogens is 3. The highest BCUT2D eigenvalue weighted by Crippen LogP contribution is 2.30. The highest BCUT2D eigenvalue weighted by atomic mass is 19.4. The Kier molecular flexibility index (Phi) is 5.94. The molecule has 0 bridgehead atoms. The molecule has 4 rings (SSSR count). The molecule has 0 saturated carbocycles. The van der Waals surface area contributed by atoms with Crippen LogP contribution in [0.4, 0.5) is 13.2 Å². The maximum Gasteiger partial charge on any atom is 0.416 e. The highest BCUT2D eigenvalue weighted by molar-refractivity contribution is 5.92. The van der Waals surface area contributed by atoms with Gasteiger partial charge in [0.15, 0.2) is 0 Å². The summed E-state index contributed by atoms with van der Waals surface area (Å²) in [5.74, 6) is -0.220. The predicted octanol–water partition coefficient (Wildman–Crippen LogP) is 3.69. The zero-order valence-corrected chi connectivity index (χ0v) is 16.4. The first kappa shape index (κ1) is 20.9. The number of benzene rings is 1. The van der Waals surface area contributed by atoms with E-state index in [0.29, 0.717) is 37.4 Å². The molecule has 9 heteroatoms. The fraction of sp³-hybridized carbons (Fsp3) is 0.273. The fourth-order valence-corrected chi connectivity index (χ4v) is 3.41. The van der Waals surface area contributed by atoms with Crippen LogP contribution in [0.3, 0.4) is 0 Å². The number of hydrogen-bond donors (Lipinski definition) is 0. The van der Waals surface area contributed by atoms with Gasteiger partial charge in [-0.15, -0.1) is 0 Å². The van der Waals surface area contributed by atoms with Crippen LogP contribution in [0, 0.1) is 0 Å². The van der Waals surface area contributed by atoms with Gasteiger partial charge in [0, 0.05) is 25.1 Å². The summed E-state index contributed by atoms with van der Waals surface area (Å²) in [6.07, 6.45) is 1.60. The van der Waals surface area contributed by atoms with Crippen molar-refractivity contribution >= 4 is 5.91 Å². The van der Waals surface area contributed by atoms with E-state index >= 15 is 0 Å². The molecule has 0 N–H and O–H groups in total. The molecule has 0 aliphatic carbocycles. The van der Waals surface area contributed by atoms with Gasteiger partial charge in [-0.2, -0.15) is 13.2 Å². The van der Waals surface area contributed by atoms with Crippen LogP contribution in [0.1, 0.15) is 39.0 Å². The molecular weight excluding hydrogens is 409 g/mol. The number of ether oxygens (including phenoxy) is 1. The molecular formula is C22H19F3N4O2. The molecule has 0 spiro atoms. The van der Waals surface area contributed by atoms with E-state index in [0.717, 1.165) is 17.7 Å². The van der Waals surface area contributed by atoms with Crippen LogP contribution in [0.15, 0.2) is 61.2 Å². The van der Waals surface area contributed by atoms with Crippen molar-refractivity contribution < 1.29 is 22.7 Å². The molecule has 1 atom stereocenters. The number of pyridine rings is 1. The van der Waals surface area contributed by atoms with Crippen LogP contribution >= 0.6 is 0 Å². The lowest BCUT2D eigenvalue weighted by Crippen LogP contribution is -2.42. The average molecular weight is 428 g/mol. The Bertz CT molecular complexity index is 1040. The van der Waals surface area contributed by atoms with Crippen LogP contribution in [0.25, 0.3) is 0 Å². The van der Waals surface area contributed by atoms with Gasteiger partial charge in [-0.3, -0.25) is 14.8 Å². The molecule has 0 radical (unpaired) electrons. The van der Waals surface area contributed by atoms with Crippen LogP contribution < -0.4 is 0 Å². The average Bonchev–Trinajstić information content (AvgIpc) is 2.79. The third-order valence-corrected chi connectivity index (χ3v) is 4.98. The molecule has 1 amide bonds. The Morgan fingerprint density at radius 2 is 1.97 bits per heavy atom. The molecule has 31 heavy (non-hydrogen) atoms. The van der Waals surface area contributed by atoms with E-state index in [1.807, 2.05) is 6.07 Å². The van der Waals surface area contributed by atoms with E-state index in [-0.39, 0.29) is 11.6 Å². The number of carbonyl (C=O) groups is 1. The summed E-state index contributed by atoms with van der Waals surface area (Å²) in [5, 5.41) is 0. The molecule has 1 aliphatic rings. The van der Waals surface area contributed by atoms with Gasteiger partial charge in [0.05, 0.1) is 30.6 Å². The third-order valence-electron chi connectivity index (χ3n) is 4.98. The standard InChI is InChI=1S/C22H19F3N4O2/c23-22(24,25)17-3-1-2-15(11-17)10-16-4-5-18(28-12-16)20-14-29(8-9-31-20)21(30)19-13-26-6-7-27-19/h1-7,11-13,20H,8-10,14H2/t20-/m0/s1. The monoisotopic (exact) mass is 428 g/mol. The summed E-state index contributed by atoms with van der Waals surface area (Å²) in [5.41, 5.74) is 1.60.